The van der Waals surface area contributed by atoms with E-state index in [0.717, 1.165) is 18.7 Å². The zero-order valence-corrected chi connectivity index (χ0v) is 10.8. The first-order valence-electron chi connectivity index (χ1n) is 5.75. The largest absolute Gasteiger partial charge is 0.390 e. The first-order chi connectivity index (χ1) is 6.95. The third-order valence-corrected chi connectivity index (χ3v) is 1.68. The number of hydrogen-bond donors (Lipinski definition) is 0. The SMILES string of the molecule is CCCCCOCC(C)=NOC(C)(C)C. The molecule has 0 bridgehead atoms. The monoisotopic (exact) mass is 215 g/mol. The van der Waals surface area contributed by atoms with E-state index >= 15 is 0 Å². The second-order valence-electron chi connectivity index (χ2n) is 4.79. The van der Waals surface area contributed by atoms with Crippen LogP contribution in [-0.4, -0.2) is 24.5 Å². The van der Waals surface area contributed by atoms with Crippen molar-refractivity contribution >= 4 is 5.71 Å². The van der Waals surface area contributed by atoms with Crippen LogP contribution in [0.3, 0.4) is 0 Å². The van der Waals surface area contributed by atoms with Crippen molar-refractivity contribution in [3.8, 4) is 0 Å². The van der Waals surface area contributed by atoms with Crippen molar-refractivity contribution in [3.63, 3.8) is 0 Å². The standard InChI is InChI=1S/C12H25NO2/c1-6-7-8-9-14-10-11(2)13-15-12(3,4)5/h6-10H2,1-5H3. The highest BCUT2D eigenvalue weighted by atomic mass is 16.6. The van der Waals surface area contributed by atoms with Gasteiger partial charge in [-0.2, -0.15) is 0 Å². The zero-order chi connectivity index (χ0) is 11.7. The molecule has 0 aliphatic rings. The molecule has 0 saturated heterocycles. The summed E-state index contributed by atoms with van der Waals surface area (Å²) in [6.07, 6.45) is 3.59. The Morgan fingerprint density at radius 2 is 1.87 bits per heavy atom. The maximum absolute atomic E-state index is 5.45. The summed E-state index contributed by atoms with van der Waals surface area (Å²) in [4.78, 5) is 5.28. The van der Waals surface area contributed by atoms with Gasteiger partial charge in [-0.1, -0.05) is 24.9 Å². The van der Waals surface area contributed by atoms with Gasteiger partial charge in [0.1, 0.15) is 5.60 Å². The molecule has 0 aliphatic carbocycles. The topological polar surface area (TPSA) is 30.8 Å². The number of unbranched alkanes of at least 4 members (excludes halogenated alkanes) is 2. The van der Waals surface area contributed by atoms with E-state index in [2.05, 4.69) is 12.1 Å². The molecule has 0 aromatic heterocycles. The highest BCUT2D eigenvalue weighted by molar-refractivity contribution is 5.82. The Hall–Kier alpha value is -0.570. The number of ether oxygens (including phenoxy) is 1. The molecule has 0 atom stereocenters. The van der Waals surface area contributed by atoms with Crippen molar-refractivity contribution in [2.75, 3.05) is 13.2 Å². The average molecular weight is 215 g/mol. The summed E-state index contributed by atoms with van der Waals surface area (Å²) < 4.78 is 5.45. The van der Waals surface area contributed by atoms with E-state index in [9.17, 15) is 0 Å². The third-order valence-electron chi connectivity index (χ3n) is 1.68. The molecule has 0 aliphatic heterocycles. The lowest BCUT2D eigenvalue weighted by Gasteiger charge is -2.16. The van der Waals surface area contributed by atoms with Crippen LogP contribution in [0.2, 0.25) is 0 Å². The van der Waals surface area contributed by atoms with Crippen molar-refractivity contribution in [1.29, 1.82) is 0 Å². The summed E-state index contributed by atoms with van der Waals surface area (Å²) in [6, 6.07) is 0. The average Bonchev–Trinajstić information content (AvgIpc) is 2.13. The van der Waals surface area contributed by atoms with Gasteiger partial charge in [0.25, 0.3) is 0 Å². The summed E-state index contributed by atoms with van der Waals surface area (Å²) in [5, 5.41) is 4.00. The van der Waals surface area contributed by atoms with E-state index in [4.69, 9.17) is 9.57 Å². The first kappa shape index (κ1) is 14.4. The molecule has 0 spiro atoms. The highest BCUT2D eigenvalue weighted by Gasteiger charge is 2.10. The van der Waals surface area contributed by atoms with Gasteiger partial charge in [0.05, 0.1) is 12.3 Å². The maximum Gasteiger partial charge on any atom is 0.129 e. The Labute approximate surface area is 93.8 Å². The fraction of sp³-hybridized carbons (Fsp3) is 0.917. The molecular formula is C12H25NO2. The molecule has 0 amide bonds. The number of nitrogens with zero attached hydrogens (tertiary/aromatic N) is 1. The number of hydrogen-bond acceptors (Lipinski definition) is 3. The van der Waals surface area contributed by atoms with Gasteiger partial charge in [0, 0.05) is 6.61 Å². The lowest BCUT2D eigenvalue weighted by atomic mass is 10.2. The molecule has 0 aromatic carbocycles. The summed E-state index contributed by atoms with van der Waals surface area (Å²) in [6.45, 7) is 11.4. The van der Waals surface area contributed by atoms with Crippen molar-refractivity contribution in [3.05, 3.63) is 0 Å². The molecule has 90 valence electrons. The van der Waals surface area contributed by atoms with Crippen LogP contribution in [0.25, 0.3) is 0 Å². The fourth-order valence-corrected chi connectivity index (χ4v) is 0.915. The zero-order valence-electron chi connectivity index (χ0n) is 10.8. The Morgan fingerprint density at radius 1 is 1.20 bits per heavy atom. The molecule has 0 rings (SSSR count). The number of rotatable bonds is 7. The molecule has 0 unspecified atom stereocenters. The molecule has 0 saturated carbocycles. The van der Waals surface area contributed by atoms with E-state index in [0.29, 0.717) is 6.61 Å². The van der Waals surface area contributed by atoms with Crippen molar-refractivity contribution < 1.29 is 9.57 Å². The van der Waals surface area contributed by atoms with E-state index in [1.807, 2.05) is 27.7 Å². The Balaban J connectivity index is 3.51. The molecule has 0 radical (unpaired) electrons. The van der Waals surface area contributed by atoms with Crippen LogP contribution in [-0.2, 0) is 9.57 Å². The van der Waals surface area contributed by atoms with Crippen molar-refractivity contribution in [2.45, 2.75) is 59.5 Å². The Bertz CT molecular complexity index is 183. The van der Waals surface area contributed by atoms with Crippen LogP contribution < -0.4 is 0 Å². The first-order valence-corrected chi connectivity index (χ1v) is 5.75. The summed E-state index contributed by atoms with van der Waals surface area (Å²) >= 11 is 0. The predicted molar refractivity (Wildman–Crippen MR) is 64.3 cm³/mol. The fourth-order valence-electron chi connectivity index (χ4n) is 0.915. The summed E-state index contributed by atoms with van der Waals surface area (Å²) in [5.41, 5.74) is 0.671. The highest BCUT2D eigenvalue weighted by Crippen LogP contribution is 2.06. The van der Waals surface area contributed by atoms with E-state index in [1.165, 1.54) is 12.8 Å². The van der Waals surface area contributed by atoms with Gasteiger partial charge in [0.15, 0.2) is 0 Å². The van der Waals surface area contributed by atoms with Gasteiger partial charge in [-0.25, -0.2) is 0 Å². The minimum absolute atomic E-state index is 0.219. The van der Waals surface area contributed by atoms with Gasteiger partial charge >= 0.3 is 0 Å². The Morgan fingerprint density at radius 3 is 2.40 bits per heavy atom. The number of oxime groups is 1. The molecule has 0 fully saturated rings. The van der Waals surface area contributed by atoms with E-state index in [-0.39, 0.29) is 5.60 Å². The molecule has 15 heavy (non-hydrogen) atoms. The van der Waals surface area contributed by atoms with Crippen LogP contribution >= 0.6 is 0 Å². The third kappa shape index (κ3) is 11.4. The second kappa shape index (κ2) is 7.69. The molecule has 0 heterocycles. The van der Waals surface area contributed by atoms with Crippen LogP contribution in [0.1, 0.15) is 53.9 Å². The molecule has 0 N–H and O–H groups in total. The molecule has 0 aromatic rings. The normalized spacial score (nSPS) is 13.0. The minimum Gasteiger partial charge on any atom is -0.390 e. The lowest BCUT2D eigenvalue weighted by Crippen LogP contribution is -2.17. The van der Waals surface area contributed by atoms with Crippen molar-refractivity contribution in [2.24, 2.45) is 5.16 Å². The van der Waals surface area contributed by atoms with Gasteiger partial charge in [0.2, 0.25) is 0 Å². The van der Waals surface area contributed by atoms with Crippen LogP contribution in [0, 0.1) is 0 Å². The second-order valence-corrected chi connectivity index (χ2v) is 4.79. The van der Waals surface area contributed by atoms with Crippen LogP contribution in [0.4, 0.5) is 0 Å². The molecule has 3 heteroatoms. The summed E-state index contributed by atoms with van der Waals surface area (Å²) in [7, 11) is 0. The van der Waals surface area contributed by atoms with Gasteiger partial charge in [-0.3, -0.25) is 0 Å². The Kier molecular flexibility index (Phi) is 7.39. The van der Waals surface area contributed by atoms with Gasteiger partial charge in [-0.05, 0) is 34.1 Å². The molecule has 3 nitrogen and oxygen atoms in total. The van der Waals surface area contributed by atoms with E-state index < -0.39 is 0 Å². The quantitative estimate of drug-likeness (QED) is 0.370. The minimum atomic E-state index is -0.219. The maximum atomic E-state index is 5.45. The lowest BCUT2D eigenvalue weighted by molar-refractivity contribution is -0.000646. The predicted octanol–water partition coefficient (Wildman–Crippen LogP) is 3.38. The smallest absolute Gasteiger partial charge is 0.129 e. The van der Waals surface area contributed by atoms with Gasteiger partial charge in [-0.15, -0.1) is 0 Å². The summed E-state index contributed by atoms with van der Waals surface area (Å²) in [5.74, 6) is 0. The van der Waals surface area contributed by atoms with Crippen LogP contribution in [0.15, 0.2) is 5.16 Å². The van der Waals surface area contributed by atoms with Crippen LogP contribution in [0.5, 0.6) is 0 Å². The van der Waals surface area contributed by atoms with Crippen molar-refractivity contribution in [1.82, 2.24) is 0 Å². The van der Waals surface area contributed by atoms with E-state index in [1.54, 1.807) is 0 Å². The van der Waals surface area contributed by atoms with Gasteiger partial charge < -0.3 is 9.57 Å². The molecular weight excluding hydrogens is 190 g/mol.